The van der Waals surface area contributed by atoms with Gasteiger partial charge in [-0.15, -0.1) is 0 Å². The van der Waals surface area contributed by atoms with E-state index >= 15 is 0 Å². The molecule has 2 rings (SSSR count). The molecule has 140 valence electrons. The zero-order valence-corrected chi connectivity index (χ0v) is 16.0. The lowest BCUT2D eigenvalue weighted by Gasteiger charge is -2.37. The molecule has 1 aromatic rings. The number of benzene rings is 1. The van der Waals surface area contributed by atoms with Crippen LogP contribution in [0.4, 0.5) is 5.69 Å². The molecule has 25 heavy (non-hydrogen) atoms. The third-order valence-electron chi connectivity index (χ3n) is 4.56. The minimum absolute atomic E-state index is 0.0487. The molecule has 0 atom stereocenters. The van der Waals surface area contributed by atoms with Gasteiger partial charge in [-0.05, 0) is 26.8 Å². The van der Waals surface area contributed by atoms with Gasteiger partial charge in [0.25, 0.3) is 5.69 Å². The number of rotatable bonds is 6. The fraction of sp³-hybridized carbons (Fsp3) is 0.600. The van der Waals surface area contributed by atoms with Crippen molar-refractivity contribution in [2.75, 3.05) is 32.8 Å². The van der Waals surface area contributed by atoms with Crippen LogP contribution in [0.3, 0.4) is 0 Å². The molecule has 1 fully saturated rings. The van der Waals surface area contributed by atoms with Gasteiger partial charge in [0, 0.05) is 11.6 Å². The number of nitrogens with zero attached hydrogens (tertiary/aromatic N) is 1. The smallest absolute Gasteiger partial charge is 0.275 e. The summed E-state index contributed by atoms with van der Waals surface area (Å²) >= 11 is 5.97. The molecule has 0 bridgehead atoms. The van der Waals surface area contributed by atoms with Gasteiger partial charge in [-0.25, -0.2) is 13.1 Å². The van der Waals surface area contributed by atoms with Crippen molar-refractivity contribution >= 4 is 27.3 Å². The summed E-state index contributed by atoms with van der Waals surface area (Å²) in [6.07, 6.45) is 0. The molecule has 8 nitrogen and oxygen atoms in total. The van der Waals surface area contributed by atoms with E-state index in [4.69, 9.17) is 16.3 Å². The molecule has 0 radical (unpaired) electrons. The summed E-state index contributed by atoms with van der Waals surface area (Å²) in [6.45, 7) is 8.52. The number of morpholine rings is 1. The molecule has 0 unspecified atom stereocenters. The third kappa shape index (κ3) is 4.68. The van der Waals surface area contributed by atoms with E-state index in [9.17, 15) is 18.5 Å². The first-order valence-electron chi connectivity index (χ1n) is 7.92. The largest absolute Gasteiger partial charge is 0.370 e. The van der Waals surface area contributed by atoms with Crippen molar-refractivity contribution in [1.29, 1.82) is 0 Å². The van der Waals surface area contributed by atoms with Gasteiger partial charge in [-0.2, -0.15) is 0 Å². The molecule has 10 heteroatoms. The number of nitro benzene ring substituents is 1. The lowest BCUT2D eigenvalue weighted by molar-refractivity contribution is -0.954. The summed E-state index contributed by atoms with van der Waals surface area (Å²) in [7, 11) is -3.91. The average molecular weight is 393 g/mol. The number of ether oxygens (including phenoxy) is 1. The van der Waals surface area contributed by atoms with Gasteiger partial charge < -0.3 is 9.64 Å². The van der Waals surface area contributed by atoms with Crippen molar-refractivity contribution in [3.8, 4) is 0 Å². The number of sulfonamides is 1. The number of halogens is 1. The van der Waals surface area contributed by atoms with Gasteiger partial charge >= 0.3 is 0 Å². The minimum atomic E-state index is -3.91. The second-order valence-electron chi connectivity index (χ2n) is 6.73. The molecule has 1 saturated heterocycles. The summed E-state index contributed by atoms with van der Waals surface area (Å²) in [5, 5.41) is 11.1. The Morgan fingerprint density at radius 3 is 2.52 bits per heavy atom. The highest BCUT2D eigenvalue weighted by Crippen LogP contribution is 2.29. The van der Waals surface area contributed by atoms with Gasteiger partial charge in [-0.3, -0.25) is 10.1 Å². The van der Waals surface area contributed by atoms with Crippen molar-refractivity contribution in [1.82, 2.24) is 4.72 Å². The first kappa shape index (κ1) is 20.1. The van der Waals surface area contributed by atoms with Crippen LogP contribution in [0.5, 0.6) is 0 Å². The number of hydrogen-bond donors (Lipinski definition) is 2. The van der Waals surface area contributed by atoms with Crippen molar-refractivity contribution < 1.29 is 23.0 Å². The van der Waals surface area contributed by atoms with Crippen molar-refractivity contribution in [2.24, 2.45) is 0 Å². The van der Waals surface area contributed by atoms with Crippen molar-refractivity contribution in [2.45, 2.75) is 31.2 Å². The number of nitrogens with one attached hydrogen (secondary N) is 2. The molecule has 0 aliphatic carbocycles. The predicted octanol–water partition coefficient (Wildman–Crippen LogP) is 0.529. The maximum absolute atomic E-state index is 12.6. The Morgan fingerprint density at radius 1 is 1.36 bits per heavy atom. The minimum Gasteiger partial charge on any atom is -0.370 e. The van der Waals surface area contributed by atoms with E-state index in [0.717, 1.165) is 19.2 Å². The predicted molar refractivity (Wildman–Crippen MR) is 93.6 cm³/mol. The topological polar surface area (TPSA) is 103 Å². The van der Waals surface area contributed by atoms with E-state index in [1.807, 2.05) is 13.8 Å². The molecule has 1 aliphatic rings. The molecular weight excluding hydrogens is 370 g/mol. The van der Waals surface area contributed by atoms with Crippen LogP contribution in [0.2, 0.25) is 5.02 Å². The van der Waals surface area contributed by atoms with Gasteiger partial charge in [0.05, 0.1) is 34.6 Å². The second kappa shape index (κ2) is 7.55. The van der Waals surface area contributed by atoms with E-state index in [2.05, 4.69) is 4.72 Å². The van der Waals surface area contributed by atoms with Crippen molar-refractivity contribution in [3.05, 3.63) is 32.8 Å². The number of quaternary nitrogens is 1. The van der Waals surface area contributed by atoms with Crippen LogP contribution in [-0.2, 0) is 14.8 Å². The SMILES string of the molecule is Cc1c(Cl)cc(S(=O)(=O)NCC(C)(C)[NH+]2CCOCC2)cc1[N+](=O)[O-]. The lowest BCUT2D eigenvalue weighted by atomic mass is 10.0. The van der Waals surface area contributed by atoms with Crippen LogP contribution < -0.4 is 9.62 Å². The normalized spacial score (nSPS) is 16.8. The molecule has 0 spiro atoms. The van der Waals surface area contributed by atoms with E-state index in [0.29, 0.717) is 13.2 Å². The number of nitro groups is 1. The Morgan fingerprint density at radius 2 is 1.96 bits per heavy atom. The highest BCUT2D eigenvalue weighted by atomic mass is 35.5. The monoisotopic (exact) mass is 392 g/mol. The van der Waals surface area contributed by atoms with Gasteiger partial charge in [0.15, 0.2) is 0 Å². The maximum atomic E-state index is 12.6. The molecule has 1 heterocycles. The Balaban J connectivity index is 2.20. The quantitative estimate of drug-likeness (QED) is 0.543. The van der Waals surface area contributed by atoms with Crippen LogP contribution in [0, 0.1) is 17.0 Å². The van der Waals surface area contributed by atoms with E-state index in [1.165, 1.54) is 17.9 Å². The fourth-order valence-electron chi connectivity index (χ4n) is 2.76. The van der Waals surface area contributed by atoms with E-state index in [-0.39, 0.29) is 33.3 Å². The molecule has 0 aromatic heterocycles. The lowest BCUT2D eigenvalue weighted by Crippen LogP contribution is -3.22. The summed E-state index contributed by atoms with van der Waals surface area (Å²) in [6, 6.07) is 2.28. The van der Waals surface area contributed by atoms with Gasteiger partial charge in [0.1, 0.15) is 18.6 Å². The first-order chi connectivity index (χ1) is 11.5. The molecule has 0 saturated carbocycles. The highest BCUT2D eigenvalue weighted by Gasteiger charge is 2.34. The number of hydrogen-bond acceptors (Lipinski definition) is 5. The Hall–Kier alpha value is -1.26. The zero-order valence-electron chi connectivity index (χ0n) is 14.5. The Kier molecular flexibility index (Phi) is 6.05. The first-order valence-corrected chi connectivity index (χ1v) is 9.78. The highest BCUT2D eigenvalue weighted by molar-refractivity contribution is 7.89. The summed E-state index contributed by atoms with van der Waals surface area (Å²) in [5.74, 6) is 0. The molecule has 1 aromatic carbocycles. The van der Waals surface area contributed by atoms with Crippen LogP contribution in [0.1, 0.15) is 19.4 Å². The summed E-state index contributed by atoms with van der Waals surface area (Å²) in [4.78, 5) is 11.5. The standard InChI is InChI=1S/C15H22ClN3O5S/c1-11-13(16)8-12(9-14(11)19(20)21)25(22,23)17-10-15(2,3)18-4-6-24-7-5-18/h8-9,17H,4-7,10H2,1-3H3/p+1. The second-order valence-corrected chi connectivity index (χ2v) is 8.90. The molecular formula is C15H23ClN3O5S+. The van der Waals surface area contributed by atoms with Gasteiger partial charge in [-0.1, -0.05) is 11.6 Å². The van der Waals surface area contributed by atoms with Crippen LogP contribution in [0.25, 0.3) is 0 Å². The van der Waals surface area contributed by atoms with E-state index < -0.39 is 14.9 Å². The zero-order chi connectivity index (χ0) is 18.8. The van der Waals surface area contributed by atoms with E-state index in [1.54, 1.807) is 0 Å². The fourth-order valence-corrected chi connectivity index (χ4v) is 4.30. The van der Waals surface area contributed by atoms with Crippen LogP contribution in [0.15, 0.2) is 17.0 Å². The Labute approximate surface area is 152 Å². The van der Waals surface area contributed by atoms with Crippen molar-refractivity contribution in [3.63, 3.8) is 0 Å². The molecule has 1 aliphatic heterocycles. The molecule has 2 N–H and O–H groups in total. The van der Waals surface area contributed by atoms with Crippen LogP contribution in [-0.4, -0.2) is 51.7 Å². The van der Waals surface area contributed by atoms with Crippen LogP contribution >= 0.6 is 11.6 Å². The Bertz CT molecular complexity index is 761. The summed E-state index contributed by atoms with van der Waals surface area (Å²) < 4.78 is 33.0. The maximum Gasteiger partial charge on any atom is 0.275 e. The average Bonchev–Trinajstić information content (AvgIpc) is 2.56. The van der Waals surface area contributed by atoms with Gasteiger partial charge in [0.2, 0.25) is 10.0 Å². The molecule has 0 amide bonds. The summed E-state index contributed by atoms with van der Waals surface area (Å²) in [5.41, 5.74) is -0.410. The third-order valence-corrected chi connectivity index (χ3v) is 6.33.